The number of hydrogen-bond acceptors (Lipinski definition) is 3. The second-order valence-electron chi connectivity index (χ2n) is 4.10. The van der Waals surface area contributed by atoms with E-state index in [1.807, 2.05) is 38.1 Å². The van der Waals surface area contributed by atoms with Crippen molar-refractivity contribution in [2.24, 2.45) is 0 Å². The summed E-state index contributed by atoms with van der Waals surface area (Å²) >= 11 is 0. The Labute approximate surface area is 112 Å². The second-order valence-corrected chi connectivity index (χ2v) is 4.10. The largest absolute Gasteiger partial charge is 0.492 e. The normalized spacial score (nSPS) is 10.0. The number of benzene rings is 1. The Kier molecular flexibility index (Phi) is 4.13. The van der Waals surface area contributed by atoms with Gasteiger partial charge in [-0.25, -0.2) is 0 Å². The zero-order valence-corrected chi connectivity index (χ0v) is 11.0. The molecule has 4 nitrogen and oxygen atoms in total. The smallest absolute Gasteiger partial charge is 0.274 e. The van der Waals surface area contributed by atoms with Crippen molar-refractivity contribution in [3.05, 3.63) is 53.9 Å². The van der Waals surface area contributed by atoms with Crippen LogP contribution in [0.25, 0.3) is 0 Å². The molecule has 1 aromatic heterocycles. The Morgan fingerprint density at radius 2 is 2.11 bits per heavy atom. The molecule has 98 valence electrons. The average molecular weight is 256 g/mol. The Morgan fingerprint density at radius 1 is 1.32 bits per heavy atom. The van der Waals surface area contributed by atoms with Crippen molar-refractivity contribution in [1.82, 2.24) is 4.98 Å². The zero-order chi connectivity index (χ0) is 13.7. The molecule has 0 bridgehead atoms. The van der Waals surface area contributed by atoms with Gasteiger partial charge in [-0.15, -0.1) is 0 Å². The molecule has 2 rings (SSSR count). The van der Waals surface area contributed by atoms with Gasteiger partial charge in [0.1, 0.15) is 11.4 Å². The number of amides is 1. The molecule has 0 aliphatic rings. The standard InChI is InChI=1S/C15H16N2O2/c1-3-19-14-7-5-4-6-12(14)17-15(18)13-10-11(2)8-9-16-13/h4-10H,3H2,1-2H3,(H,17,18). The number of aryl methyl sites for hydroxylation is 1. The molecule has 0 fully saturated rings. The molecule has 0 saturated heterocycles. The lowest BCUT2D eigenvalue weighted by atomic mass is 10.2. The molecule has 0 aliphatic carbocycles. The van der Waals surface area contributed by atoms with Crippen molar-refractivity contribution in [2.45, 2.75) is 13.8 Å². The molecule has 0 radical (unpaired) electrons. The Morgan fingerprint density at radius 3 is 2.84 bits per heavy atom. The van der Waals surface area contributed by atoms with Gasteiger partial charge in [-0.2, -0.15) is 0 Å². The lowest BCUT2D eigenvalue weighted by Crippen LogP contribution is -2.14. The van der Waals surface area contributed by atoms with E-state index in [0.29, 0.717) is 23.7 Å². The number of nitrogens with one attached hydrogen (secondary N) is 1. The highest BCUT2D eigenvalue weighted by atomic mass is 16.5. The lowest BCUT2D eigenvalue weighted by molar-refractivity contribution is 0.102. The number of nitrogens with zero attached hydrogens (tertiary/aromatic N) is 1. The molecule has 0 unspecified atom stereocenters. The summed E-state index contributed by atoms with van der Waals surface area (Å²) in [6.45, 7) is 4.38. The van der Waals surface area contributed by atoms with Gasteiger partial charge < -0.3 is 10.1 Å². The van der Waals surface area contributed by atoms with E-state index in [4.69, 9.17) is 4.74 Å². The summed E-state index contributed by atoms with van der Waals surface area (Å²) in [4.78, 5) is 16.2. The molecule has 0 spiro atoms. The minimum Gasteiger partial charge on any atom is -0.492 e. The van der Waals surface area contributed by atoms with Crippen LogP contribution in [0.4, 0.5) is 5.69 Å². The van der Waals surface area contributed by atoms with Crippen molar-refractivity contribution in [3.63, 3.8) is 0 Å². The van der Waals surface area contributed by atoms with E-state index in [-0.39, 0.29) is 5.91 Å². The maximum atomic E-state index is 12.1. The highest BCUT2D eigenvalue weighted by Crippen LogP contribution is 2.24. The minimum atomic E-state index is -0.240. The zero-order valence-electron chi connectivity index (χ0n) is 11.0. The second kappa shape index (κ2) is 6.00. The van der Waals surface area contributed by atoms with Gasteiger partial charge in [-0.05, 0) is 43.7 Å². The molecule has 1 aromatic carbocycles. The Bertz CT molecular complexity index is 582. The highest BCUT2D eigenvalue weighted by molar-refractivity contribution is 6.03. The molecule has 0 saturated carbocycles. The fourth-order valence-electron chi connectivity index (χ4n) is 1.70. The molecule has 0 aliphatic heterocycles. The highest BCUT2D eigenvalue weighted by Gasteiger charge is 2.10. The van der Waals surface area contributed by atoms with E-state index in [0.717, 1.165) is 5.56 Å². The summed E-state index contributed by atoms with van der Waals surface area (Å²) in [5.74, 6) is 0.418. The van der Waals surface area contributed by atoms with Crippen LogP contribution in [-0.4, -0.2) is 17.5 Å². The number of anilines is 1. The number of hydrogen-bond donors (Lipinski definition) is 1. The average Bonchev–Trinajstić information content (AvgIpc) is 2.41. The van der Waals surface area contributed by atoms with Crippen LogP contribution in [0.15, 0.2) is 42.6 Å². The number of rotatable bonds is 4. The van der Waals surface area contributed by atoms with Crippen LogP contribution >= 0.6 is 0 Å². The predicted molar refractivity (Wildman–Crippen MR) is 74.5 cm³/mol. The maximum absolute atomic E-state index is 12.1. The number of para-hydroxylation sites is 2. The quantitative estimate of drug-likeness (QED) is 0.914. The molecule has 1 N–H and O–H groups in total. The van der Waals surface area contributed by atoms with E-state index >= 15 is 0 Å². The Hall–Kier alpha value is -2.36. The molecular formula is C15H16N2O2. The van der Waals surface area contributed by atoms with Gasteiger partial charge in [0, 0.05) is 6.20 Å². The fourth-order valence-corrected chi connectivity index (χ4v) is 1.70. The minimum absolute atomic E-state index is 0.240. The molecule has 4 heteroatoms. The van der Waals surface area contributed by atoms with E-state index in [2.05, 4.69) is 10.3 Å². The third kappa shape index (κ3) is 3.31. The van der Waals surface area contributed by atoms with Crippen LogP contribution in [-0.2, 0) is 0 Å². The van der Waals surface area contributed by atoms with E-state index in [1.54, 1.807) is 18.3 Å². The first kappa shape index (κ1) is 13.1. The molecule has 1 heterocycles. The number of pyridine rings is 1. The molecule has 1 amide bonds. The first-order valence-corrected chi connectivity index (χ1v) is 6.16. The van der Waals surface area contributed by atoms with Gasteiger partial charge in [0.2, 0.25) is 0 Å². The predicted octanol–water partition coefficient (Wildman–Crippen LogP) is 3.04. The lowest BCUT2D eigenvalue weighted by Gasteiger charge is -2.10. The van der Waals surface area contributed by atoms with Gasteiger partial charge in [-0.1, -0.05) is 12.1 Å². The van der Waals surface area contributed by atoms with Crippen LogP contribution in [0.1, 0.15) is 23.0 Å². The maximum Gasteiger partial charge on any atom is 0.274 e. The number of carbonyl (C=O) groups excluding carboxylic acids is 1. The molecule has 19 heavy (non-hydrogen) atoms. The van der Waals surface area contributed by atoms with Crippen molar-refractivity contribution in [1.29, 1.82) is 0 Å². The summed E-state index contributed by atoms with van der Waals surface area (Å²) in [5.41, 5.74) is 2.04. The monoisotopic (exact) mass is 256 g/mol. The first-order valence-electron chi connectivity index (χ1n) is 6.16. The summed E-state index contributed by atoms with van der Waals surface area (Å²) in [7, 11) is 0. The van der Waals surface area contributed by atoms with Crippen molar-refractivity contribution in [3.8, 4) is 5.75 Å². The van der Waals surface area contributed by atoms with Crippen LogP contribution in [0.5, 0.6) is 5.75 Å². The third-order valence-electron chi connectivity index (χ3n) is 2.58. The van der Waals surface area contributed by atoms with Crippen LogP contribution < -0.4 is 10.1 Å². The molecule has 2 aromatic rings. The topological polar surface area (TPSA) is 51.2 Å². The Balaban J connectivity index is 2.19. The van der Waals surface area contributed by atoms with Crippen LogP contribution in [0.2, 0.25) is 0 Å². The summed E-state index contributed by atoms with van der Waals surface area (Å²) in [6.07, 6.45) is 1.62. The number of ether oxygens (including phenoxy) is 1. The van der Waals surface area contributed by atoms with E-state index in [9.17, 15) is 4.79 Å². The SMILES string of the molecule is CCOc1ccccc1NC(=O)c1cc(C)ccn1. The fraction of sp³-hybridized carbons (Fsp3) is 0.200. The van der Waals surface area contributed by atoms with Gasteiger partial charge in [0.15, 0.2) is 0 Å². The van der Waals surface area contributed by atoms with E-state index in [1.165, 1.54) is 0 Å². The summed E-state index contributed by atoms with van der Waals surface area (Å²) < 4.78 is 5.46. The van der Waals surface area contributed by atoms with Gasteiger partial charge >= 0.3 is 0 Å². The number of carbonyl (C=O) groups is 1. The summed E-state index contributed by atoms with van der Waals surface area (Å²) in [6, 6.07) is 10.9. The van der Waals surface area contributed by atoms with Gasteiger partial charge in [-0.3, -0.25) is 9.78 Å². The molecule has 0 atom stereocenters. The van der Waals surface area contributed by atoms with Crippen LogP contribution in [0.3, 0.4) is 0 Å². The first-order chi connectivity index (χ1) is 9.20. The summed E-state index contributed by atoms with van der Waals surface area (Å²) in [5, 5.41) is 2.81. The van der Waals surface area contributed by atoms with Crippen molar-refractivity contribution >= 4 is 11.6 Å². The van der Waals surface area contributed by atoms with Gasteiger partial charge in [0.05, 0.1) is 12.3 Å². The van der Waals surface area contributed by atoms with E-state index < -0.39 is 0 Å². The van der Waals surface area contributed by atoms with Crippen molar-refractivity contribution in [2.75, 3.05) is 11.9 Å². The van der Waals surface area contributed by atoms with Gasteiger partial charge in [0.25, 0.3) is 5.91 Å². The van der Waals surface area contributed by atoms with Crippen LogP contribution in [0, 0.1) is 6.92 Å². The number of aromatic nitrogens is 1. The van der Waals surface area contributed by atoms with Crippen molar-refractivity contribution < 1.29 is 9.53 Å². The third-order valence-corrected chi connectivity index (χ3v) is 2.58. The molecular weight excluding hydrogens is 240 g/mol.